The number of pyridine rings is 1. The zero-order valence-electron chi connectivity index (χ0n) is 16.0. The normalized spacial score (nSPS) is 18.6. The van der Waals surface area contributed by atoms with Gasteiger partial charge in [-0.15, -0.1) is 0 Å². The molecule has 5 nitrogen and oxygen atoms in total. The summed E-state index contributed by atoms with van der Waals surface area (Å²) >= 11 is 0. The molecule has 0 radical (unpaired) electrons. The molecule has 1 aromatic carbocycles. The summed E-state index contributed by atoms with van der Waals surface area (Å²) in [7, 11) is 0. The van der Waals surface area contributed by atoms with E-state index in [0.717, 1.165) is 62.3 Å². The highest BCUT2D eigenvalue weighted by molar-refractivity contribution is 5.89. The van der Waals surface area contributed by atoms with Crippen molar-refractivity contribution in [3.8, 4) is 0 Å². The molecule has 0 saturated heterocycles. The number of aromatic nitrogens is 1. The Kier molecular flexibility index (Phi) is 5.38. The maximum Gasteiger partial charge on any atom is 0.323 e. The third-order valence-corrected chi connectivity index (χ3v) is 6.27. The number of anilines is 1. The molecule has 150 valence electrons. The molecule has 0 amide bonds. The summed E-state index contributed by atoms with van der Waals surface area (Å²) < 4.78 is 16.0. The molecular formula is C22H27FN2O3. The first-order valence-electron chi connectivity index (χ1n) is 10.4. The zero-order chi connectivity index (χ0) is 19.7. The minimum absolute atomic E-state index is 0.267. The van der Waals surface area contributed by atoms with Gasteiger partial charge in [-0.05, 0) is 54.7 Å². The molecule has 2 fully saturated rings. The minimum atomic E-state index is -1.07. The van der Waals surface area contributed by atoms with Crippen molar-refractivity contribution in [3.63, 3.8) is 0 Å². The molecule has 2 N–H and O–H groups in total. The van der Waals surface area contributed by atoms with E-state index in [1.807, 2.05) is 0 Å². The lowest BCUT2D eigenvalue weighted by Gasteiger charge is -2.25. The number of aliphatic carboxylic acids is 1. The van der Waals surface area contributed by atoms with E-state index in [2.05, 4.69) is 5.32 Å². The van der Waals surface area contributed by atoms with Gasteiger partial charge in [0.15, 0.2) is 0 Å². The molecule has 1 heterocycles. The van der Waals surface area contributed by atoms with Crippen molar-refractivity contribution in [3.05, 3.63) is 40.1 Å². The molecule has 0 spiro atoms. The van der Waals surface area contributed by atoms with Crippen LogP contribution in [0, 0.1) is 5.82 Å². The summed E-state index contributed by atoms with van der Waals surface area (Å²) in [4.78, 5) is 24.0. The van der Waals surface area contributed by atoms with Gasteiger partial charge in [-0.3, -0.25) is 9.59 Å². The van der Waals surface area contributed by atoms with Crippen molar-refractivity contribution in [2.24, 2.45) is 0 Å². The van der Waals surface area contributed by atoms with Gasteiger partial charge in [-0.25, -0.2) is 4.39 Å². The third kappa shape index (κ3) is 3.77. The van der Waals surface area contributed by atoms with Gasteiger partial charge in [-0.1, -0.05) is 32.1 Å². The fourth-order valence-electron chi connectivity index (χ4n) is 4.84. The summed E-state index contributed by atoms with van der Waals surface area (Å²) in [6.07, 6.45) is 11.6. The van der Waals surface area contributed by atoms with Crippen molar-refractivity contribution in [2.45, 2.75) is 76.3 Å². The fraction of sp³-hybridized carbons (Fsp3) is 0.545. The molecule has 0 unspecified atom stereocenters. The predicted octanol–water partition coefficient (Wildman–Crippen LogP) is 4.63. The van der Waals surface area contributed by atoms with Gasteiger partial charge in [0, 0.05) is 12.2 Å². The first kappa shape index (κ1) is 19.0. The van der Waals surface area contributed by atoms with Crippen molar-refractivity contribution in [2.75, 3.05) is 5.32 Å². The molecular weight excluding hydrogens is 359 g/mol. The van der Waals surface area contributed by atoms with Gasteiger partial charge in [-0.2, -0.15) is 0 Å². The first-order valence-corrected chi connectivity index (χ1v) is 10.4. The van der Waals surface area contributed by atoms with Crippen LogP contribution in [0.1, 0.15) is 69.3 Å². The number of fused-ring (bicyclic) bond motifs is 1. The van der Waals surface area contributed by atoms with Crippen LogP contribution in [0.5, 0.6) is 0 Å². The van der Waals surface area contributed by atoms with E-state index in [1.165, 1.54) is 17.1 Å². The second-order valence-corrected chi connectivity index (χ2v) is 8.25. The van der Waals surface area contributed by atoms with E-state index in [4.69, 9.17) is 5.11 Å². The van der Waals surface area contributed by atoms with Gasteiger partial charge in [0.2, 0.25) is 0 Å². The lowest BCUT2D eigenvalue weighted by molar-refractivity contribution is -0.137. The van der Waals surface area contributed by atoms with Crippen LogP contribution in [-0.4, -0.2) is 21.7 Å². The van der Waals surface area contributed by atoms with Gasteiger partial charge < -0.3 is 15.0 Å². The highest BCUT2D eigenvalue weighted by Crippen LogP contribution is 2.38. The molecule has 0 bridgehead atoms. The Morgan fingerprint density at radius 1 is 1.07 bits per heavy atom. The van der Waals surface area contributed by atoms with E-state index in [9.17, 15) is 14.0 Å². The summed E-state index contributed by atoms with van der Waals surface area (Å²) in [6.45, 7) is -0.405. The van der Waals surface area contributed by atoms with Crippen LogP contribution >= 0.6 is 0 Å². The monoisotopic (exact) mass is 386 g/mol. The zero-order valence-corrected chi connectivity index (χ0v) is 16.0. The Morgan fingerprint density at radius 3 is 2.43 bits per heavy atom. The number of rotatable bonds is 5. The lowest BCUT2D eigenvalue weighted by Crippen LogP contribution is -2.26. The van der Waals surface area contributed by atoms with Crippen LogP contribution in [0.15, 0.2) is 23.1 Å². The number of carboxylic acids is 1. The Balaban J connectivity index is 1.82. The molecule has 4 rings (SSSR count). The molecule has 2 aliphatic carbocycles. The third-order valence-electron chi connectivity index (χ3n) is 6.27. The van der Waals surface area contributed by atoms with Crippen LogP contribution in [0.25, 0.3) is 10.8 Å². The van der Waals surface area contributed by atoms with Gasteiger partial charge in [0.05, 0.1) is 11.1 Å². The largest absolute Gasteiger partial charge is 0.480 e. The van der Waals surface area contributed by atoms with Crippen LogP contribution < -0.4 is 10.9 Å². The number of carboxylic acid groups (broad SMARTS) is 1. The van der Waals surface area contributed by atoms with Gasteiger partial charge >= 0.3 is 5.97 Å². The summed E-state index contributed by atoms with van der Waals surface area (Å²) in [5.41, 5.74) is 0.983. The standard InChI is InChI=1S/C22H27FN2O3/c23-19-10-17-16(11-20(19)24-15-8-2-1-3-9-15)18(14-6-4-5-7-14)12-25(22(17)28)13-21(26)27/h10-12,14-15,24H,1-9,13H2,(H,26,27). The highest BCUT2D eigenvalue weighted by Gasteiger charge is 2.23. The Labute approximate surface area is 163 Å². The van der Waals surface area contributed by atoms with E-state index in [0.29, 0.717) is 5.69 Å². The van der Waals surface area contributed by atoms with Crippen LogP contribution in [0.2, 0.25) is 0 Å². The van der Waals surface area contributed by atoms with Crippen LogP contribution in [0.4, 0.5) is 10.1 Å². The topological polar surface area (TPSA) is 71.3 Å². The number of carbonyl (C=O) groups is 1. The Bertz CT molecular complexity index is 941. The summed E-state index contributed by atoms with van der Waals surface area (Å²) in [5.74, 6) is -1.23. The minimum Gasteiger partial charge on any atom is -0.480 e. The van der Waals surface area contributed by atoms with E-state index in [1.54, 1.807) is 12.3 Å². The second kappa shape index (κ2) is 7.94. The van der Waals surface area contributed by atoms with Gasteiger partial charge in [0.25, 0.3) is 5.56 Å². The quantitative estimate of drug-likeness (QED) is 0.786. The Hall–Kier alpha value is -2.37. The summed E-state index contributed by atoms with van der Waals surface area (Å²) in [6, 6.07) is 3.34. The average Bonchev–Trinajstić information content (AvgIpc) is 3.20. The van der Waals surface area contributed by atoms with E-state index >= 15 is 0 Å². The SMILES string of the molecule is O=C(O)Cn1cc(C2CCCC2)c2cc(NC3CCCCC3)c(F)cc2c1=O. The maximum atomic E-state index is 14.8. The average molecular weight is 386 g/mol. The maximum absolute atomic E-state index is 14.8. The number of nitrogens with one attached hydrogen (secondary N) is 1. The molecule has 2 aliphatic rings. The fourth-order valence-corrected chi connectivity index (χ4v) is 4.84. The molecule has 2 aromatic rings. The van der Waals surface area contributed by atoms with Crippen molar-refractivity contribution >= 4 is 22.4 Å². The number of hydrogen-bond acceptors (Lipinski definition) is 3. The van der Waals surface area contributed by atoms with E-state index < -0.39 is 23.9 Å². The Morgan fingerprint density at radius 2 is 1.75 bits per heavy atom. The van der Waals surface area contributed by atoms with Crippen molar-refractivity contribution < 1.29 is 14.3 Å². The first-order chi connectivity index (χ1) is 13.5. The van der Waals surface area contributed by atoms with E-state index in [-0.39, 0.29) is 17.3 Å². The second-order valence-electron chi connectivity index (χ2n) is 8.25. The molecule has 28 heavy (non-hydrogen) atoms. The summed E-state index contributed by atoms with van der Waals surface area (Å²) in [5, 5.41) is 13.5. The number of nitrogens with zero attached hydrogens (tertiary/aromatic N) is 1. The molecule has 2 saturated carbocycles. The lowest BCUT2D eigenvalue weighted by atomic mass is 9.93. The molecule has 1 aromatic heterocycles. The van der Waals surface area contributed by atoms with Gasteiger partial charge in [0.1, 0.15) is 12.4 Å². The van der Waals surface area contributed by atoms with Crippen molar-refractivity contribution in [1.29, 1.82) is 0 Å². The molecule has 0 atom stereocenters. The van der Waals surface area contributed by atoms with Crippen LogP contribution in [0.3, 0.4) is 0 Å². The molecule has 0 aliphatic heterocycles. The predicted molar refractivity (Wildman–Crippen MR) is 108 cm³/mol. The highest BCUT2D eigenvalue weighted by atomic mass is 19.1. The molecule has 6 heteroatoms. The van der Waals surface area contributed by atoms with Crippen molar-refractivity contribution in [1.82, 2.24) is 4.57 Å². The number of halogens is 1. The van der Waals surface area contributed by atoms with Crippen LogP contribution in [-0.2, 0) is 11.3 Å². The number of hydrogen-bond donors (Lipinski definition) is 2. The smallest absolute Gasteiger partial charge is 0.323 e. The number of benzene rings is 1.